The minimum atomic E-state index is -1.75. The molecule has 7 nitrogen and oxygen atoms in total. The number of carbonyl (C=O) groups is 2. The Morgan fingerprint density at radius 2 is 1.94 bits per heavy atom. The summed E-state index contributed by atoms with van der Waals surface area (Å²) >= 11 is 0. The van der Waals surface area contributed by atoms with Crippen molar-refractivity contribution in [2.45, 2.75) is 32.2 Å². The molecule has 1 unspecified atom stereocenters. The average molecular weight is 445 g/mol. The van der Waals surface area contributed by atoms with Gasteiger partial charge >= 0.3 is 0 Å². The molecule has 0 spiro atoms. The number of amides is 1. The number of nitrogens with two attached hydrogens (primary N) is 1. The number of nitrogens with zero attached hydrogens (tertiary/aromatic N) is 2. The normalized spacial score (nSPS) is 16.1. The van der Waals surface area contributed by atoms with Gasteiger partial charge in [-0.1, -0.05) is 13.0 Å². The van der Waals surface area contributed by atoms with Crippen LogP contribution in [0.15, 0.2) is 24.4 Å². The summed E-state index contributed by atoms with van der Waals surface area (Å²) in [6.07, 6.45) is 5.29. The van der Waals surface area contributed by atoms with Gasteiger partial charge in [-0.3, -0.25) is 14.7 Å². The number of nitrogens with one attached hydrogen (secondary N) is 2. The summed E-state index contributed by atoms with van der Waals surface area (Å²) in [6.45, 7) is 4.12. The molecule has 0 saturated carbocycles. The van der Waals surface area contributed by atoms with Gasteiger partial charge in [-0.05, 0) is 51.0 Å². The fraction of sp³-hybridized carbons (Fsp3) is 0.450. The van der Waals surface area contributed by atoms with Crippen molar-refractivity contribution < 1.29 is 27.2 Å². The van der Waals surface area contributed by atoms with E-state index in [4.69, 9.17) is 5.73 Å². The van der Waals surface area contributed by atoms with Crippen LogP contribution in [0.25, 0.3) is 0 Å². The number of H-pyrrole nitrogens is 1. The molecule has 1 fully saturated rings. The lowest BCUT2D eigenvalue weighted by molar-refractivity contribution is 0.101. The van der Waals surface area contributed by atoms with Gasteiger partial charge in [-0.25, -0.2) is 17.6 Å². The molecule has 1 amide bonds. The molecular weight excluding hydrogens is 418 g/mol. The van der Waals surface area contributed by atoms with Crippen LogP contribution in [0.2, 0.25) is 0 Å². The van der Waals surface area contributed by atoms with E-state index in [1.165, 1.54) is 45.1 Å². The third-order valence-corrected chi connectivity index (χ3v) is 4.54. The number of alkyl halides is 2. The van der Waals surface area contributed by atoms with E-state index in [1.54, 1.807) is 0 Å². The number of aromatic nitrogens is 2. The minimum absolute atomic E-state index is 0.0140. The average Bonchev–Trinajstić information content (AvgIpc) is 3.07. The molecule has 1 saturated heterocycles. The van der Waals surface area contributed by atoms with Crippen LogP contribution in [-0.4, -0.2) is 59.9 Å². The lowest BCUT2D eigenvalue weighted by Crippen LogP contribution is -2.26. The van der Waals surface area contributed by atoms with Crippen molar-refractivity contribution in [3.05, 3.63) is 47.3 Å². The Kier molecular flexibility index (Phi) is 12.1. The van der Waals surface area contributed by atoms with Gasteiger partial charge < -0.3 is 16.0 Å². The first-order valence-electron chi connectivity index (χ1n) is 9.71. The second-order valence-electron chi connectivity index (χ2n) is 6.59. The van der Waals surface area contributed by atoms with Crippen molar-refractivity contribution in [3.8, 4) is 0 Å². The summed E-state index contributed by atoms with van der Waals surface area (Å²) in [6, 6.07) is 3.55. The fourth-order valence-electron chi connectivity index (χ4n) is 2.88. The van der Waals surface area contributed by atoms with Gasteiger partial charge in [0.05, 0.1) is 11.9 Å². The van der Waals surface area contributed by atoms with Crippen LogP contribution in [0.1, 0.15) is 47.0 Å². The zero-order valence-corrected chi connectivity index (χ0v) is 17.2. The van der Waals surface area contributed by atoms with E-state index in [9.17, 15) is 27.2 Å². The quantitative estimate of drug-likeness (QED) is 0.494. The molecule has 1 aliphatic heterocycles. The number of aldehydes is 1. The van der Waals surface area contributed by atoms with E-state index in [1.807, 2.05) is 0 Å². The number of halogens is 4. The first-order valence-corrected chi connectivity index (χ1v) is 9.71. The Hall–Kier alpha value is -2.79. The SMILES string of the molecule is CCN1CCCC(N)CC1.FCF.O=Cc1[nH]ncc1NC(=O)c1c(F)cccc1F. The zero-order valence-electron chi connectivity index (χ0n) is 17.2. The van der Waals surface area contributed by atoms with Crippen LogP contribution in [0.4, 0.5) is 23.2 Å². The van der Waals surface area contributed by atoms with E-state index < -0.39 is 30.0 Å². The second kappa shape index (κ2) is 14.3. The molecular formula is C20H27F4N5O2. The predicted molar refractivity (Wildman–Crippen MR) is 109 cm³/mol. The third-order valence-electron chi connectivity index (χ3n) is 4.54. The molecule has 11 heteroatoms. The van der Waals surface area contributed by atoms with E-state index in [0.717, 1.165) is 18.2 Å². The molecule has 3 rings (SSSR count). The van der Waals surface area contributed by atoms with Crippen LogP contribution in [0.5, 0.6) is 0 Å². The standard InChI is InChI=1S/C11H7F2N3O2.C8H18N2.CH2F2/c12-6-2-1-3-7(13)10(6)11(18)15-8-4-14-16-9(8)5-17;1-2-10-6-3-4-8(9)5-7-10;2-1-3/h1-5H,(H,14,16)(H,15,18);8H,2-7,9H2,1H3;1H2. The number of hydrogen-bond donors (Lipinski definition) is 3. The van der Waals surface area contributed by atoms with Crippen LogP contribution in [0, 0.1) is 11.6 Å². The number of benzene rings is 1. The van der Waals surface area contributed by atoms with E-state index in [0.29, 0.717) is 12.3 Å². The molecule has 1 atom stereocenters. The highest BCUT2D eigenvalue weighted by atomic mass is 19.3. The summed E-state index contributed by atoms with van der Waals surface area (Å²) in [5, 5.41) is 8.04. The summed E-state index contributed by atoms with van der Waals surface area (Å²) in [5.74, 6) is -2.96. The van der Waals surface area contributed by atoms with Gasteiger partial charge in [-0.15, -0.1) is 0 Å². The van der Waals surface area contributed by atoms with Crippen LogP contribution in [0.3, 0.4) is 0 Å². The largest absolute Gasteiger partial charge is 0.328 e. The maximum Gasteiger partial charge on any atom is 0.261 e. The van der Waals surface area contributed by atoms with Gasteiger partial charge in [0.25, 0.3) is 5.91 Å². The molecule has 1 aliphatic rings. The zero-order chi connectivity index (χ0) is 23.2. The summed E-state index contributed by atoms with van der Waals surface area (Å²) in [5.41, 5.74) is 5.18. The summed E-state index contributed by atoms with van der Waals surface area (Å²) in [7, 11) is 0. The lowest BCUT2D eigenvalue weighted by Gasteiger charge is -2.16. The summed E-state index contributed by atoms with van der Waals surface area (Å²) in [4.78, 5) is 24.7. The maximum atomic E-state index is 13.3. The highest BCUT2D eigenvalue weighted by Gasteiger charge is 2.18. The summed E-state index contributed by atoms with van der Waals surface area (Å²) < 4.78 is 45.9. The molecule has 2 heterocycles. The van der Waals surface area contributed by atoms with E-state index in [-0.39, 0.29) is 11.4 Å². The lowest BCUT2D eigenvalue weighted by atomic mass is 10.1. The van der Waals surface area contributed by atoms with Crippen LogP contribution in [-0.2, 0) is 0 Å². The van der Waals surface area contributed by atoms with Crippen molar-refractivity contribution in [1.29, 1.82) is 0 Å². The topological polar surface area (TPSA) is 104 Å². The van der Waals surface area contributed by atoms with Crippen LogP contribution >= 0.6 is 0 Å². The predicted octanol–water partition coefficient (Wildman–Crippen LogP) is 3.46. The van der Waals surface area contributed by atoms with Gasteiger partial charge in [0.1, 0.15) is 22.9 Å². The number of hydrogen-bond acceptors (Lipinski definition) is 5. The molecule has 0 aliphatic carbocycles. The number of aromatic amines is 1. The highest BCUT2D eigenvalue weighted by molar-refractivity contribution is 6.06. The van der Waals surface area contributed by atoms with Crippen molar-refractivity contribution in [2.75, 3.05) is 31.9 Å². The Bertz CT molecular complexity index is 798. The van der Waals surface area contributed by atoms with Gasteiger partial charge in [-0.2, -0.15) is 5.10 Å². The van der Waals surface area contributed by atoms with Gasteiger partial charge in [0.15, 0.2) is 6.29 Å². The van der Waals surface area contributed by atoms with Gasteiger partial charge in [0.2, 0.25) is 6.93 Å². The fourth-order valence-corrected chi connectivity index (χ4v) is 2.88. The van der Waals surface area contributed by atoms with Crippen molar-refractivity contribution >= 4 is 17.9 Å². The first kappa shape index (κ1) is 26.2. The second-order valence-corrected chi connectivity index (χ2v) is 6.59. The number of rotatable bonds is 4. The Labute approximate surface area is 178 Å². The minimum Gasteiger partial charge on any atom is -0.328 e. The molecule has 0 radical (unpaired) electrons. The monoisotopic (exact) mass is 445 g/mol. The smallest absolute Gasteiger partial charge is 0.261 e. The molecule has 1 aromatic carbocycles. The Balaban J connectivity index is 0.000000311. The molecule has 1 aromatic heterocycles. The third kappa shape index (κ3) is 8.85. The Morgan fingerprint density at radius 3 is 2.52 bits per heavy atom. The molecule has 0 bridgehead atoms. The van der Waals surface area contributed by atoms with Gasteiger partial charge in [0, 0.05) is 6.04 Å². The van der Waals surface area contributed by atoms with Crippen LogP contribution < -0.4 is 11.1 Å². The number of likely N-dealkylation sites (tertiary alicyclic amines) is 1. The Morgan fingerprint density at radius 1 is 1.29 bits per heavy atom. The maximum absolute atomic E-state index is 13.3. The molecule has 2 aromatic rings. The van der Waals surface area contributed by atoms with Crippen molar-refractivity contribution in [3.63, 3.8) is 0 Å². The molecule has 31 heavy (non-hydrogen) atoms. The molecule has 172 valence electrons. The highest BCUT2D eigenvalue weighted by Crippen LogP contribution is 2.16. The van der Waals surface area contributed by atoms with E-state index in [2.05, 4.69) is 27.3 Å². The number of anilines is 1. The first-order chi connectivity index (χ1) is 14.9. The molecule has 4 N–H and O–H groups in total. The van der Waals surface area contributed by atoms with Crippen molar-refractivity contribution in [1.82, 2.24) is 15.1 Å². The number of carbonyl (C=O) groups excluding carboxylic acids is 2. The van der Waals surface area contributed by atoms with E-state index >= 15 is 0 Å². The van der Waals surface area contributed by atoms with Crippen molar-refractivity contribution in [2.24, 2.45) is 5.73 Å².